The van der Waals surface area contributed by atoms with Crippen LogP contribution in [-0.4, -0.2) is 36.4 Å². The van der Waals surface area contributed by atoms with Gasteiger partial charge in [-0.1, -0.05) is 38.8 Å². The van der Waals surface area contributed by atoms with Crippen LogP contribution in [-0.2, 0) is 9.53 Å². The van der Waals surface area contributed by atoms with Gasteiger partial charge in [0.2, 0.25) is 0 Å². The van der Waals surface area contributed by atoms with Crippen molar-refractivity contribution in [3.63, 3.8) is 0 Å². The highest BCUT2D eigenvalue weighted by Gasteiger charge is 2.28. The Morgan fingerprint density at radius 2 is 1.85 bits per heavy atom. The Balaban J connectivity index is 2.55. The number of nitrogens with zero attached hydrogens (tertiary/aromatic N) is 3. The van der Waals surface area contributed by atoms with Crippen molar-refractivity contribution in [2.75, 3.05) is 25.0 Å². The van der Waals surface area contributed by atoms with Crippen molar-refractivity contribution in [2.45, 2.75) is 46.5 Å². The maximum absolute atomic E-state index is 12.4. The van der Waals surface area contributed by atoms with Gasteiger partial charge >= 0.3 is 5.97 Å². The zero-order chi connectivity index (χ0) is 19.6. The quantitative estimate of drug-likeness (QED) is 0.418. The molecule has 2 rings (SSSR count). The average molecular weight is 368 g/mol. The first-order valence-corrected chi connectivity index (χ1v) is 9.67. The van der Waals surface area contributed by atoms with Gasteiger partial charge in [-0.3, -0.25) is 0 Å². The second-order valence-corrected chi connectivity index (χ2v) is 6.35. The minimum atomic E-state index is -0.625. The molecule has 0 bridgehead atoms. The Hall–Kier alpha value is -2.81. The lowest BCUT2D eigenvalue weighted by molar-refractivity contribution is -0.138. The molecule has 0 unspecified atom stereocenters. The van der Waals surface area contributed by atoms with E-state index in [1.54, 1.807) is 6.92 Å². The molecule has 1 aromatic carbocycles. The van der Waals surface area contributed by atoms with Crippen LogP contribution in [0.15, 0.2) is 40.5 Å². The molecule has 0 saturated carbocycles. The maximum atomic E-state index is 12.4. The molecule has 6 heteroatoms. The summed E-state index contributed by atoms with van der Waals surface area (Å²) >= 11 is 0. The first kappa shape index (κ1) is 20.5. The first-order valence-electron chi connectivity index (χ1n) is 9.67. The molecule has 0 aromatic heterocycles. The molecule has 1 aliphatic rings. The van der Waals surface area contributed by atoms with Crippen molar-refractivity contribution in [3.8, 4) is 6.07 Å². The third-order valence-electron chi connectivity index (χ3n) is 4.32. The molecule has 0 aliphatic carbocycles. The molecule has 0 amide bonds. The van der Waals surface area contributed by atoms with Crippen molar-refractivity contribution in [1.82, 2.24) is 4.90 Å². The number of anilines is 1. The van der Waals surface area contributed by atoms with Crippen LogP contribution in [0.25, 0.3) is 0 Å². The number of benzene rings is 1. The minimum absolute atomic E-state index is 0.0388. The van der Waals surface area contributed by atoms with Gasteiger partial charge in [0.25, 0.3) is 0 Å². The molecule has 0 fully saturated rings. The van der Waals surface area contributed by atoms with Crippen LogP contribution in [0.1, 0.15) is 46.5 Å². The molecule has 0 radical (unpaired) electrons. The zero-order valence-corrected chi connectivity index (χ0v) is 16.4. The molecule has 1 N–H and O–H groups in total. The van der Waals surface area contributed by atoms with Crippen LogP contribution in [0, 0.1) is 11.3 Å². The van der Waals surface area contributed by atoms with E-state index in [1.807, 2.05) is 30.3 Å². The summed E-state index contributed by atoms with van der Waals surface area (Å²) in [5.74, 6) is 0.0146. The van der Waals surface area contributed by atoms with Gasteiger partial charge in [-0.2, -0.15) is 5.26 Å². The molecular weight excluding hydrogens is 340 g/mol. The summed E-state index contributed by atoms with van der Waals surface area (Å²) in [5.41, 5.74) is 1.97. The Labute approximate surface area is 161 Å². The first-order chi connectivity index (χ1) is 13.2. The summed E-state index contributed by atoms with van der Waals surface area (Å²) in [5, 5.41) is 12.9. The molecule has 1 aliphatic heterocycles. The molecule has 0 atom stereocenters. The number of esters is 1. The fourth-order valence-corrected chi connectivity index (χ4v) is 2.87. The largest absolute Gasteiger partial charge is 0.462 e. The van der Waals surface area contributed by atoms with Gasteiger partial charge in [0.05, 0.1) is 18.0 Å². The number of para-hydroxylation sites is 2. The van der Waals surface area contributed by atoms with E-state index in [1.165, 1.54) is 0 Å². The van der Waals surface area contributed by atoms with Gasteiger partial charge in [0, 0.05) is 13.1 Å². The predicted molar refractivity (Wildman–Crippen MR) is 108 cm³/mol. The summed E-state index contributed by atoms with van der Waals surface area (Å²) in [7, 11) is 0. The van der Waals surface area contributed by atoms with Gasteiger partial charge in [0.1, 0.15) is 11.8 Å². The normalized spacial score (nSPS) is 14.4. The van der Waals surface area contributed by atoms with Crippen molar-refractivity contribution in [2.24, 2.45) is 4.99 Å². The SMILES string of the molecule is CCCCN(CCCC)C1=Nc2ccccc2N/C1=C(\C#N)C(=O)OCC. The van der Waals surface area contributed by atoms with Crippen LogP contribution < -0.4 is 5.32 Å². The number of amidine groups is 1. The predicted octanol–water partition coefficient (Wildman–Crippen LogP) is 4.39. The summed E-state index contributed by atoms with van der Waals surface area (Å²) in [4.78, 5) is 19.3. The lowest BCUT2D eigenvalue weighted by Crippen LogP contribution is -2.38. The highest BCUT2D eigenvalue weighted by atomic mass is 16.5. The average Bonchev–Trinajstić information content (AvgIpc) is 2.68. The summed E-state index contributed by atoms with van der Waals surface area (Å²) in [6.45, 7) is 7.88. The second-order valence-electron chi connectivity index (χ2n) is 6.35. The van der Waals surface area contributed by atoms with E-state index in [0.717, 1.165) is 50.1 Å². The van der Waals surface area contributed by atoms with Gasteiger partial charge in [0.15, 0.2) is 11.4 Å². The Bertz CT molecular complexity index is 754. The standard InChI is InChI=1S/C21H28N4O2/c1-4-7-13-25(14-8-5-2)20-19(16(15-22)21(26)27-6-3)23-17-11-9-10-12-18(17)24-20/h9-12,23H,4-8,13-14H2,1-3H3/b19-16+. The summed E-state index contributed by atoms with van der Waals surface area (Å²) in [6, 6.07) is 9.65. The fraction of sp³-hybridized carbons (Fsp3) is 0.476. The summed E-state index contributed by atoms with van der Waals surface area (Å²) < 4.78 is 5.09. The van der Waals surface area contributed by atoms with E-state index in [0.29, 0.717) is 11.5 Å². The van der Waals surface area contributed by atoms with Crippen LogP contribution in [0.3, 0.4) is 0 Å². The number of fused-ring (bicyclic) bond motifs is 1. The maximum Gasteiger partial charge on any atom is 0.351 e. The number of nitriles is 1. The van der Waals surface area contributed by atoms with Crippen molar-refractivity contribution in [3.05, 3.63) is 35.5 Å². The number of aliphatic imine (C=N–C) groups is 1. The number of carbonyl (C=O) groups excluding carboxylic acids is 1. The lowest BCUT2D eigenvalue weighted by Gasteiger charge is -2.31. The van der Waals surface area contributed by atoms with Gasteiger partial charge < -0.3 is 15.0 Å². The smallest absolute Gasteiger partial charge is 0.351 e. The Morgan fingerprint density at radius 3 is 2.44 bits per heavy atom. The zero-order valence-electron chi connectivity index (χ0n) is 16.4. The fourth-order valence-electron chi connectivity index (χ4n) is 2.87. The van der Waals surface area contributed by atoms with E-state index < -0.39 is 5.97 Å². The topological polar surface area (TPSA) is 77.7 Å². The molecule has 27 heavy (non-hydrogen) atoms. The number of ether oxygens (including phenoxy) is 1. The Morgan fingerprint density at radius 1 is 1.19 bits per heavy atom. The Kier molecular flexibility index (Phi) is 7.87. The molecule has 0 spiro atoms. The second kappa shape index (κ2) is 10.4. The van der Waals surface area contributed by atoms with Crippen LogP contribution in [0.4, 0.5) is 11.4 Å². The molecular formula is C21H28N4O2. The van der Waals surface area contributed by atoms with E-state index in [9.17, 15) is 10.1 Å². The molecule has 1 aromatic rings. The van der Waals surface area contributed by atoms with Crippen molar-refractivity contribution in [1.29, 1.82) is 5.26 Å². The van der Waals surface area contributed by atoms with Crippen molar-refractivity contribution >= 4 is 23.2 Å². The summed E-state index contributed by atoms with van der Waals surface area (Å²) in [6.07, 6.45) is 4.14. The third-order valence-corrected chi connectivity index (χ3v) is 4.32. The van der Waals surface area contributed by atoms with Crippen molar-refractivity contribution < 1.29 is 9.53 Å². The van der Waals surface area contributed by atoms with Gasteiger partial charge in [-0.25, -0.2) is 9.79 Å². The van der Waals surface area contributed by atoms with Crippen LogP contribution in [0.2, 0.25) is 0 Å². The van der Waals surface area contributed by atoms with Gasteiger partial charge in [-0.05, 0) is 31.9 Å². The number of hydrogen-bond donors (Lipinski definition) is 1. The highest BCUT2D eigenvalue weighted by molar-refractivity contribution is 6.12. The number of rotatable bonds is 8. The van der Waals surface area contributed by atoms with E-state index >= 15 is 0 Å². The van der Waals surface area contributed by atoms with E-state index in [2.05, 4.69) is 24.1 Å². The van der Waals surface area contributed by atoms with E-state index in [-0.39, 0.29) is 12.2 Å². The number of carbonyl (C=O) groups is 1. The third kappa shape index (κ3) is 5.10. The number of hydrogen-bond acceptors (Lipinski definition) is 6. The van der Waals surface area contributed by atoms with Gasteiger partial charge in [-0.15, -0.1) is 0 Å². The molecule has 0 saturated heterocycles. The van der Waals surface area contributed by atoms with E-state index in [4.69, 9.17) is 9.73 Å². The molecule has 6 nitrogen and oxygen atoms in total. The lowest BCUT2D eigenvalue weighted by atomic mass is 10.1. The molecule has 1 heterocycles. The van der Waals surface area contributed by atoms with Crippen LogP contribution >= 0.6 is 0 Å². The number of unbranched alkanes of at least 4 members (excludes halogenated alkanes) is 2. The number of nitrogens with one attached hydrogen (secondary N) is 1. The molecule has 144 valence electrons. The monoisotopic (exact) mass is 368 g/mol. The van der Waals surface area contributed by atoms with Crippen LogP contribution in [0.5, 0.6) is 0 Å². The highest BCUT2D eigenvalue weighted by Crippen LogP contribution is 2.33. The minimum Gasteiger partial charge on any atom is -0.462 e.